The van der Waals surface area contributed by atoms with Crippen LogP contribution in [-0.4, -0.2) is 22.0 Å². The second kappa shape index (κ2) is 9.42. The molecular weight excluding hydrogens is 414 g/mol. The molecule has 0 aliphatic carbocycles. The first-order valence-electron chi connectivity index (χ1n) is 9.18. The first kappa shape index (κ1) is 20.0. The summed E-state index contributed by atoms with van der Waals surface area (Å²) < 4.78 is 3.04. The van der Waals surface area contributed by atoms with Crippen LogP contribution in [0.25, 0.3) is 0 Å². The van der Waals surface area contributed by atoms with Crippen LogP contribution in [0.1, 0.15) is 16.8 Å². The maximum Gasteiger partial charge on any atom is 0.322 e. The number of hydrogen-bond acceptors (Lipinski definition) is 1. The summed E-state index contributed by atoms with van der Waals surface area (Å²) >= 11 is 3.47. The van der Waals surface area contributed by atoms with E-state index in [4.69, 9.17) is 0 Å². The van der Waals surface area contributed by atoms with Crippen LogP contribution in [0, 0.1) is 6.92 Å². The number of hydrogen-bond donors (Lipinski definition) is 1. The third-order valence-corrected chi connectivity index (χ3v) is 5.32. The van der Waals surface area contributed by atoms with Crippen LogP contribution in [0.15, 0.2) is 84.0 Å². The fraction of sp³-hybridized carbons (Fsp3) is 0.174. The Morgan fingerprint density at radius 2 is 1.89 bits per heavy atom. The van der Waals surface area contributed by atoms with Gasteiger partial charge in [0.05, 0.1) is 12.2 Å². The van der Waals surface area contributed by atoms with Crippen molar-refractivity contribution in [2.24, 2.45) is 0 Å². The maximum absolute atomic E-state index is 12.8. The second-order valence-corrected chi connectivity index (χ2v) is 7.49. The van der Waals surface area contributed by atoms with Crippen LogP contribution in [0.5, 0.6) is 0 Å². The van der Waals surface area contributed by atoms with Crippen molar-refractivity contribution in [2.75, 3.05) is 11.9 Å². The fourth-order valence-electron chi connectivity index (χ4n) is 3.05. The van der Waals surface area contributed by atoms with Gasteiger partial charge in [-0.25, -0.2) is 4.79 Å². The molecule has 3 aromatic rings. The Bertz CT molecular complexity index is 964. The standard InChI is InChI=1S/C23H24BrN3O/c1-3-14-27(23(28)25-22-13-7-6-12-21(22)24)17-20-11-8-15-26(20)16-19-10-5-4-9-18(19)2/h3-13,15H,1,14,16-17H2,2H3,(H,25,28). The second-order valence-electron chi connectivity index (χ2n) is 6.63. The molecule has 144 valence electrons. The molecule has 0 fully saturated rings. The Balaban J connectivity index is 1.75. The molecular formula is C23H24BrN3O. The van der Waals surface area contributed by atoms with Crippen LogP contribution in [-0.2, 0) is 13.1 Å². The average molecular weight is 438 g/mol. The van der Waals surface area contributed by atoms with Gasteiger partial charge in [-0.15, -0.1) is 6.58 Å². The van der Waals surface area contributed by atoms with Crippen molar-refractivity contribution >= 4 is 27.6 Å². The predicted molar refractivity (Wildman–Crippen MR) is 118 cm³/mol. The smallest absolute Gasteiger partial charge is 0.322 e. The molecule has 0 bridgehead atoms. The molecule has 1 heterocycles. The molecule has 1 aromatic heterocycles. The molecule has 0 spiro atoms. The highest BCUT2D eigenvalue weighted by Crippen LogP contribution is 2.22. The Hall–Kier alpha value is -2.79. The maximum atomic E-state index is 12.8. The Morgan fingerprint density at radius 3 is 2.64 bits per heavy atom. The van der Waals surface area contributed by atoms with E-state index in [2.05, 4.69) is 69.8 Å². The van der Waals surface area contributed by atoms with Crippen LogP contribution in [0.3, 0.4) is 0 Å². The van der Waals surface area contributed by atoms with Crippen molar-refractivity contribution in [3.8, 4) is 0 Å². The van der Waals surface area contributed by atoms with Crippen LogP contribution < -0.4 is 5.32 Å². The van der Waals surface area contributed by atoms with Crippen LogP contribution >= 0.6 is 15.9 Å². The van der Waals surface area contributed by atoms with Gasteiger partial charge in [0.25, 0.3) is 0 Å². The SMILES string of the molecule is C=CCN(Cc1cccn1Cc1ccccc1C)C(=O)Nc1ccccc1Br. The van der Waals surface area contributed by atoms with Crippen molar-refractivity contribution in [3.63, 3.8) is 0 Å². The van der Waals surface area contributed by atoms with Gasteiger partial charge in [-0.3, -0.25) is 0 Å². The number of halogens is 1. The van der Waals surface area contributed by atoms with Crippen molar-refractivity contribution in [3.05, 3.63) is 101 Å². The van der Waals surface area contributed by atoms with E-state index < -0.39 is 0 Å². The summed E-state index contributed by atoms with van der Waals surface area (Å²) in [6.45, 7) is 7.67. The molecule has 5 heteroatoms. The topological polar surface area (TPSA) is 37.3 Å². The molecule has 0 atom stereocenters. The van der Waals surface area contributed by atoms with E-state index in [0.29, 0.717) is 13.1 Å². The number of para-hydroxylation sites is 1. The van der Waals surface area contributed by atoms with E-state index in [1.54, 1.807) is 11.0 Å². The van der Waals surface area contributed by atoms with Crippen LogP contribution in [0.4, 0.5) is 10.5 Å². The summed E-state index contributed by atoms with van der Waals surface area (Å²) in [5.41, 5.74) is 4.36. The molecule has 0 radical (unpaired) electrons. The van der Waals surface area contributed by atoms with Gasteiger partial charge >= 0.3 is 6.03 Å². The molecule has 4 nitrogen and oxygen atoms in total. The molecule has 2 aromatic carbocycles. The molecule has 3 rings (SSSR count). The molecule has 0 aliphatic rings. The van der Waals surface area contributed by atoms with E-state index in [-0.39, 0.29) is 6.03 Å². The zero-order valence-corrected chi connectivity index (χ0v) is 17.5. The van der Waals surface area contributed by atoms with Gasteiger partial charge in [0.2, 0.25) is 0 Å². The summed E-state index contributed by atoms with van der Waals surface area (Å²) in [7, 11) is 0. The number of carbonyl (C=O) groups is 1. The Morgan fingerprint density at radius 1 is 1.14 bits per heavy atom. The highest BCUT2D eigenvalue weighted by atomic mass is 79.9. The molecule has 0 saturated carbocycles. The average Bonchev–Trinajstić information content (AvgIpc) is 3.12. The zero-order chi connectivity index (χ0) is 19.9. The minimum absolute atomic E-state index is 0.157. The molecule has 1 N–H and O–H groups in total. The minimum Gasteiger partial charge on any atom is -0.345 e. The largest absolute Gasteiger partial charge is 0.345 e. The predicted octanol–water partition coefficient (Wildman–Crippen LogP) is 5.83. The van der Waals surface area contributed by atoms with Crippen molar-refractivity contribution < 1.29 is 4.79 Å². The lowest BCUT2D eigenvalue weighted by Crippen LogP contribution is -2.35. The first-order valence-corrected chi connectivity index (χ1v) is 9.97. The van der Waals surface area contributed by atoms with Gasteiger partial charge in [-0.1, -0.05) is 42.5 Å². The van der Waals surface area contributed by atoms with Crippen molar-refractivity contribution in [1.82, 2.24) is 9.47 Å². The number of rotatable bonds is 7. The number of benzene rings is 2. The fourth-order valence-corrected chi connectivity index (χ4v) is 3.43. The highest BCUT2D eigenvalue weighted by Gasteiger charge is 2.16. The summed E-state index contributed by atoms with van der Waals surface area (Å²) in [4.78, 5) is 14.6. The summed E-state index contributed by atoms with van der Waals surface area (Å²) in [5, 5.41) is 2.97. The quantitative estimate of drug-likeness (QED) is 0.464. The van der Waals surface area contributed by atoms with E-state index in [1.165, 1.54) is 11.1 Å². The lowest BCUT2D eigenvalue weighted by atomic mass is 10.1. The third-order valence-electron chi connectivity index (χ3n) is 4.63. The Labute approximate surface area is 174 Å². The monoisotopic (exact) mass is 437 g/mol. The number of anilines is 1. The summed E-state index contributed by atoms with van der Waals surface area (Å²) in [6, 6.07) is 19.9. The molecule has 0 unspecified atom stereocenters. The Kier molecular flexibility index (Phi) is 6.71. The highest BCUT2D eigenvalue weighted by molar-refractivity contribution is 9.10. The number of nitrogens with one attached hydrogen (secondary N) is 1. The number of carbonyl (C=O) groups excluding carboxylic acids is 1. The zero-order valence-electron chi connectivity index (χ0n) is 15.9. The first-order chi connectivity index (χ1) is 13.6. The van der Waals surface area contributed by atoms with Gasteiger partial charge < -0.3 is 14.8 Å². The van der Waals surface area contributed by atoms with E-state index in [0.717, 1.165) is 22.4 Å². The van der Waals surface area contributed by atoms with Gasteiger partial charge in [-0.2, -0.15) is 0 Å². The molecule has 0 saturated heterocycles. The normalized spacial score (nSPS) is 10.5. The van der Waals surface area contributed by atoms with Gasteiger partial charge in [0.15, 0.2) is 0 Å². The number of urea groups is 1. The lowest BCUT2D eigenvalue weighted by molar-refractivity contribution is 0.214. The molecule has 2 amide bonds. The van der Waals surface area contributed by atoms with E-state index in [9.17, 15) is 4.79 Å². The van der Waals surface area contributed by atoms with Crippen molar-refractivity contribution in [1.29, 1.82) is 0 Å². The molecule has 28 heavy (non-hydrogen) atoms. The van der Waals surface area contributed by atoms with Gasteiger partial charge in [0.1, 0.15) is 0 Å². The summed E-state index contributed by atoms with van der Waals surface area (Å²) in [6.07, 6.45) is 3.80. The van der Waals surface area contributed by atoms with Gasteiger partial charge in [0, 0.05) is 29.5 Å². The number of amides is 2. The number of nitrogens with zero attached hydrogens (tertiary/aromatic N) is 2. The number of aromatic nitrogens is 1. The lowest BCUT2D eigenvalue weighted by Gasteiger charge is -2.23. The van der Waals surface area contributed by atoms with E-state index in [1.807, 2.05) is 36.4 Å². The minimum atomic E-state index is -0.157. The van der Waals surface area contributed by atoms with Gasteiger partial charge in [-0.05, 0) is 58.2 Å². The molecule has 0 aliphatic heterocycles. The number of aryl methyl sites for hydroxylation is 1. The summed E-state index contributed by atoms with van der Waals surface area (Å²) in [5.74, 6) is 0. The van der Waals surface area contributed by atoms with Crippen molar-refractivity contribution in [2.45, 2.75) is 20.0 Å². The van der Waals surface area contributed by atoms with E-state index >= 15 is 0 Å². The third kappa shape index (κ3) is 4.93. The van der Waals surface area contributed by atoms with Crippen LogP contribution in [0.2, 0.25) is 0 Å².